The van der Waals surface area contributed by atoms with Crippen molar-refractivity contribution in [1.82, 2.24) is 0 Å². The molecule has 16 heavy (non-hydrogen) atoms. The third kappa shape index (κ3) is 1.84. The fourth-order valence-electron chi connectivity index (χ4n) is 1.93. The van der Waals surface area contributed by atoms with E-state index in [-0.39, 0.29) is 5.78 Å². The van der Waals surface area contributed by atoms with Gasteiger partial charge in [-0.3, -0.25) is 4.79 Å². The predicted molar refractivity (Wildman–Crippen MR) is 68.3 cm³/mol. The molecular weight excluding hydrogens is 198 g/mol. The van der Waals surface area contributed by atoms with Crippen LogP contribution in [0.25, 0.3) is 5.57 Å². The maximum absolute atomic E-state index is 11.9. The second kappa shape index (κ2) is 5.42. The largest absolute Gasteiger partial charge is 0.333 e. The summed E-state index contributed by atoms with van der Waals surface area (Å²) in [5, 5.41) is 0. The van der Waals surface area contributed by atoms with Crippen molar-refractivity contribution in [3.63, 3.8) is 0 Å². The van der Waals surface area contributed by atoms with Gasteiger partial charge in [0.25, 0.3) is 0 Å². The van der Waals surface area contributed by atoms with Gasteiger partial charge < -0.3 is 5.73 Å². The minimum atomic E-state index is 0.149. The number of ketones is 1. The van der Waals surface area contributed by atoms with Crippen LogP contribution in [0, 0.1) is 0 Å². The van der Waals surface area contributed by atoms with Crippen molar-refractivity contribution in [3.05, 3.63) is 53.1 Å². The molecule has 1 aromatic rings. The minimum absolute atomic E-state index is 0.149. The van der Waals surface area contributed by atoms with Crippen LogP contribution < -0.4 is 5.73 Å². The first kappa shape index (κ1) is 12.4. The minimum Gasteiger partial charge on any atom is -0.333 e. The Balaban J connectivity index is 0.000000606. The molecule has 2 N–H and O–H groups in total. The van der Waals surface area contributed by atoms with Crippen LogP contribution in [0.3, 0.4) is 0 Å². The number of carbonyl (C=O) groups excluding carboxylic acids is 1. The highest BCUT2D eigenvalue weighted by Gasteiger charge is 2.27. The lowest BCUT2D eigenvalue weighted by Gasteiger charge is -1.97. The maximum Gasteiger partial charge on any atom is 0.193 e. The van der Waals surface area contributed by atoms with Gasteiger partial charge in [-0.25, -0.2) is 0 Å². The number of fused-ring (bicyclic) bond motifs is 1. The molecule has 0 spiro atoms. The molecule has 0 radical (unpaired) electrons. The lowest BCUT2D eigenvalue weighted by molar-refractivity contribution is 0.104. The average Bonchev–Trinajstić information content (AvgIpc) is 2.64. The Morgan fingerprint density at radius 1 is 0.938 bits per heavy atom. The van der Waals surface area contributed by atoms with Crippen molar-refractivity contribution in [2.45, 2.75) is 13.8 Å². The number of carbonyl (C=O) groups is 1. The third-order valence-corrected chi connectivity index (χ3v) is 2.57. The van der Waals surface area contributed by atoms with Gasteiger partial charge >= 0.3 is 0 Å². The Hall–Kier alpha value is -1.67. The second-order valence-electron chi connectivity index (χ2n) is 3.28. The number of hydrogen-bond donors (Lipinski definition) is 1. The predicted octanol–water partition coefficient (Wildman–Crippen LogP) is 2.81. The number of allylic oxidation sites excluding steroid dienone is 4. The van der Waals surface area contributed by atoms with Crippen molar-refractivity contribution >= 4 is 11.4 Å². The molecule has 84 valence electrons. The van der Waals surface area contributed by atoms with Crippen LogP contribution in [0.5, 0.6) is 0 Å². The molecule has 1 aliphatic carbocycles. The molecule has 0 saturated carbocycles. The number of hydrogen-bond acceptors (Lipinski definition) is 2. The molecule has 0 aromatic heterocycles. The monoisotopic (exact) mass is 215 g/mol. The summed E-state index contributed by atoms with van der Waals surface area (Å²) >= 11 is 0. The summed E-state index contributed by atoms with van der Waals surface area (Å²) in [6, 6.07) is 7.76. The average molecular weight is 215 g/mol. The molecular formula is C14H17NO. The van der Waals surface area contributed by atoms with E-state index in [2.05, 4.69) is 5.73 Å². The van der Waals surface area contributed by atoms with Crippen LogP contribution in [-0.4, -0.2) is 12.8 Å². The molecule has 0 amide bonds. The van der Waals surface area contributed by atoms with E-state index < -0.39 is 0 Å². The molecule has 2 nitrogen and oxygen atoms in total. The third-order valence-electron chi connectivity index (χ3n) is 2.57. The molecule has 1 aromatic carbocycles. The fourth-order valence-corrected chi connectivity index (χ4v) is 1.93. The lowest BCUT2D eigenvalue weighted by Crippen LogP contribution is -1.93. The van der Waals surface area contributed by atoms with Crippen LogP contribution >= 0.6 is 0 Å². The van der Waals surface area contributed by atoms with E-state index in [1.165, 1.54) is 7.05 Å². The fraction of sp³-hybridized carbons (Fsp3) is 0.214. The molecule has 1 aliphatic rings. The highest BCUT2D eigenvalue weighted by atomic mass is 16.1. The SMILES string of the molecule is C/C=C1\C(=C/C)C(=O)c2ccccc21.CN. The first-order valence-corrected chi connectivity index (χ1v) is 5.34. The van der Waals surface area contributed by atoms with Crippen LogP contribution in [0.4, 0.5) is 0 Å². The highest BCUT2D eigenvalue weighted by molar-refractivity contribution is 6.26. The Morgan fingerprint density at radius 2 is 1.44 bits per heavy atom. The van der Waals surface area contributed by atoms with Crippen molar-refractivity contribution < 1.29 is 4.79 Å². The smallest absolute Gasteiger partial charge is 0.193 e. The summed E-state index contributed by atoms with van der Waals surface area (Å²) in [6.45, 7) is 3.87. The van der Waals surface area contributed by atoms with E-state index >= 15 is 0 Å². The topological polar surface area (TPSA) is 43.1 Å². The van der Waals surface area contributed by atoms with Crippen molar-refractivity contribution in [1.29, 1.82) is 0 Å². The molecule has 0 atom stereocenters. The Bertz CT molecular complexity index is 456. The first-order valence-electron chi connectivity index (χ1n) is 5.34. The number of nitrogens with two attached hydrogens (primary N) is 1. The van der Waals surface area contributed by atoms with E-state index in [0.717, 1.165) is 22.3 Å². The van der Waals surface area contributed by atoms with E-state index in [9.17, 15) is 4.79 Å². The van der Waals surface area contributed by atoms with Crippen LogP contribution in [0.2, 0.25) is 0 Å². The first-order chi connectivity index (χ1) is 7.79. The van der Waals surface area contributed by atoms with Crippen LogP contribution in [0.1, 0.15) is 29.8 Å². The molecule has 0 aliphatic heterocycles. The maximum atomic E-state index is 11.9. The zero-order valence-corrected chi connectivity index (χ0v) is 9.95. The number of benzene rings is 1. The molecule has 0 bridgehead atoms. The number of rotatable bonds is 0. The van der Waals surface area contributed by atoms with Gasteiger partial charge in [0.15, 0.2) is 5.78 Å². The summed E-state index contributed by atoms with van der Waals surface area (Å²) in [5.74, 6) is 0.149. The zero-order chi connectivity index (χ0) is 12.1. The van der Waals surface area contributed by atoms with Gasteiger partial charge in [-0.2, -0.15) is 0 Å². The summed E-state index contributed by atoms with van der Waals surface area (Å²) in [7, 11) is 1.50. The van der Waals surface area contributed by atoms with Crippen molar-refractivity contribution in [2.24, 2.45) is 5.73 Å². The molecule has 0 fully saturated rings. The standard InChI is InChI=1S/C13H12O.CH5N/c1-3-9-10(4-2)13(14)12-8-6-5-7-11(9)12;1-2/h3-8H,1-2H3;2H2,1H3/b9-3+,10-4+;. The Kier molecular flexibility index (Phi) is 4.20. The summed E-state index contributed by atoms with van der Waals surface area (Å²) in [5.41, 5.74) is 8.28. The molecule has 0 unspecified atom stereocenters. The van der Waals surface area contributed by atoms with Gasteiger partial charge in [0.05, 0.1) is 0 Å². The van der Waals surface area contributed by atoms with Gasteiger partial charge in [-0.15, -0.1) is 0 Å². The van der Waals surface area contributed by atoms with Gasteiger partial charge in [0.1, 0.15) is 0 Å². The lowest BCUT2D eigenvalue weighted by atomic mass is 10.1. The van der Waals surface area contributed by atoms with Crippen LogP contribution in [-0.2, 0) is 0 Å². The van der Waals surface area contributed by atoms with Gasteiger partial charge in [0, 0.05) is 11.1 Å². The summed E-state index contributed by atoms with van der Waals surface area (Å²) in [6.07, 6.45) is 3.89. The van der Waals surface area contributed by atoms with Crippen molar-refractivity contribution in [2.75, 3.05) is 7.05 Å². The summed E-state index contributed by atoms with van der Waals surface area (Å²) in [4.78, 5) is 11.9. The molecule has 0 saturated heterocycles. The molecule has 2 rings (SSSR count). The van der Waals surface area contributed by atoms with Gasteiger partial charge in [-0.1, -0.05) is 36.4 Å². The second-order valence-corrected chi connectivity index (χ2v) is 3.28. The van der Waals surface area contributed by atoms with Crippen molar-refractivity contribution in [3.8, 4) is 0 Å². The summed E-state index contributed by atoms with van der Waals surface area (Å²) < 4.78 is 0. The van der Waals surface area contributed by atoms with E-state index in [4.69, 9.17) is 0 Å². The Morgan fingerprint density at radius 3 is 1.94 bits per heavy atom. The van der Waals surface area contributed by atoms with Gasteiger partial charge in [-0.05, 0) is 32.0 Å². The van der Waals surface area contributed by atoms with Gasteiger partial charge in [0.2, 0.25) is 0 Å². The molecule has 0 heterocycles. The van der Waals surface area contributed by atoms with E-state index in [1.54, 1.807) is 0 Å². The molecule has 2 heteroatoms. The normalized spacial score (nSPS) is 18.4. The van der Waals surface area contributed by atoms with Crippen LogP contribution in [0.15, 0.2) is 42.0 Å². The highest BCUT2D eigenvalue weighted by Crippen LogP contribution is 2.35. The zero-order valence-electron chi connectivity index (χ0n) is 9.95. The van der Waals surface area contributed by atoms with E-state index in [1.807, 2.05) is 50.3 Å². The number of Topliss-reactive ketones (excluding diaryl/α,β-unsaturated/α-hetero) is 1. The quantitative estimate of drug-likeness (QED) is 0.676. The van der Waals surface area contributed by atoms with E-state index in [0.29, 0.717) is 0 Å². The Labute approximate surface area is 96.5 Å².